The zero-order chi connectivity index (χ0) is 25.8. The first-order valence-corrected chi connectivity index (χ1v) is 11.4. The van der Waals surface area contributed by atoms with Crippen molar-refractivity contribution in [2.45, 2.75) is 38.6 Å². The zero-order valence-electron chi connectivity index (χ0n) is 20.5. The number of carbonyl (C=O) groups excluding carboxylic acids is 3. The number of nitrogens with one attached hydrogen (secondary N) is 1. The minimum atomic E-state index is -1.22. The van der Waals surface area contributed by atoms with Crippen LogP contribution in [0.1, 0.15) is 20.8 Å². The number of hydrogen-bond acceptors (Lipinski definition) is 8. The van der Waals surface area contributed by atoms with E-state index >= 15 is 0 Å². The topological polar surface area (TPSA) is 121 Å². The number of aliphatic hydroxyl groups excluding tert-OH is 1. The Bertz CT molecular complexity index is 931. The van der Waals surface area contributed by atoms with E-state index in [2.05, 4.69) is 5.32 Å². The second-order valence-corrected chi connectivity index (χ2v) is 9.42. The van der Waals surface area contributed by atoms with Crippen molar-refractivity contribution < 1.29 is 38.1 Å². The fourth-order valence-electron chi connectivity index (χ4n) is 3.88. The summed E-state index contributed by atoms with van der Waals surface area (Å²) in [5.74, 6) is -0.921. The zero-order valence-corrected chi connectivity index (χ0v) is 20.5. The molecule has 2 saturated heterocycles. The standard InChI is InChI=1S/C23H33FN4O7/c1-23(2,3)35-21(31)25-12-16-13-28(22(32)34-16)15-5-6-18(17(24)11-15)26-7-9-27(10-8-26)20(30)19(29)14-33-4/h5-6,11,16,19,29H,7-10,12-14H2,1-4H3,(H,25,31)/t16-,19?/m0/s1. The number of rotatable bonds is 7. The van der Waals surface area contributed by atoms with Gasteiger partial charge < -0.3 is 34.4 Å². The molecule has 3 amide bonds. The molecule has 0 aliphatic carbocycles. The normalized spacial score (nSPS) is 19.4. The monoisotopic (exact) mass is 496 g/mol. The number of methoxy groups -OCH3 is 1. The summed E-state index contributed by atoms with van der Waals surface area (Å²) in [5, 5.41) is 12.4. The van der Waals surface area contributed by atoms with Gasteiger partial charge in [0.1, 0.15) is 17.5 Å². The van der Waals surface area contributed by atoms with E-state index < -0.39 is 41.7 Å². The predicted molar refractivity (Wildman–Crippen MR) is 125 cm³/mol. The molecule has 0 spiro atoms. The lowest BCUT2D eigenvalue weighted by Gasteiger charge is -2.37. The highest BCUT2D eigenvalue weighted by Crippen LogP contribution is 2.28. The molecule has 1 aromatic carbocycles. The highest BCUT2D eigenvalue weighted by Gasteiger charge is 2.34. The number of piperazine rings is 1. The van der Waals surface area contributed by atoms with Gasteiger partial charge in [-0.2, -0.15) is 0 Å². The van der Waals surface area contributed by atoms with Crippen molar-refractivity contribution in [2.75, 3.05) is 62.8 Å². The molecule has 12 heteroatoms. The van der Waals surface area contributed by atoms with Gasteiger partial charge in [-0.15, -0.1) is 0 Å². The van der Waals surface area contributed by atoms with Gasteiger partial charge in [0, 0.05) is 33.3 Å². The molecule has 2 N–H and O–H groups in total. The summed E-state index contributed by atoms with van der Waals surface area (Å²) >= 11 is 0. The maximum atomic E-state index is 15.0. The van der Waals surface area contributed by atoms with Crippen LogP contribution in [0.2, 0.25) is 0 Å². The molecule has 2 aliphatic heterocycles. The van der Waals surface area contributed by atoms with Crippen molar-refractivity contribution in [3.8, 4) is 0 Å². The van der Waals surface area contributed by atoms with Gasteiger partial charge in [0.25, 0.3) is 5.91 Å². The van der Waals surface area contributed by atoms with Crippen LogP contribution >= 0.6 is 0 Å². The SMILES string of the molecule is COCC(O)C(=O)N1CCN(c2ccc(N3C[C@H](CNC(=O)OC(C)(C)C)OC3=O)cc2F)CC1. The number of cyclic esters (lactones) is 1. The van der Waals surface area contributed by atoms with Crippen LogP contribution in [-0.2, 0) is 19.0 Å². The van der Waals surface area contributed by atoms with Crippen molar-refractivity contribution in [3.63, 3.8) is 0 Å². The lowest BCUT2D eigenvalue weighted by Crippen LogP contribution is -2.52. The lowest BCUT2D eigenvalue weighted by molar-refractivity contribution is -0.143. The molecule has 1 unspecified atom stereocenters. The summed E-state index contributed by atoms with van der Waals surface area (Å²) in [5.41, 5.74) is 0.0522. The van der Waals surface area contributed by atoms with Gasteiger partial charge in [-0.1, -0.05) is 0 Å². The van der Waals surface area contributed by atoms with Crippen LogP contribution in [0.5, 0.6) is 0 Å². The number of benzene rings is 1. The molecule has 2 atom stereocenters. The third-order valence-corrected chi connectivity index (χ3v) is 5.53. The summed E-state index contributed by atoms with van der Waals surface area (Å²) < 4.78 is 30.2. The molecule has 1 aromatic rings. The van der Waals surface area contributed by atoms with Gasteiger partial charge in [0.2, 0.25) is 0 Å². The Morgan fingerprint density at radius 2 is 1.94 bits per heavy atom. The quantitative estimate of drug-likeness (QED) is 0.580. The highest BCUT2D eigenvalue weighted by atomic mass is 19.1. The summed E-state index contributed by atoms with van der Waals surface area (Å²) in [4.78, 5) is 41.0. The minimum absolute atomic E-state index is 0.0692. The van der Waals surface area contributed by atoms with Crippen molar-refractivity contribution in [3.05, 3.63) is 24.0 Å². The van der Waals surface area contributed by atoms with Crippen molar-refractivity contribution in [1.29, 1.82) is 0 Å². The van der Waals surface area contributed by atoms with Gasteiger partial charge in [0.15, 0.2) is 6.10 Å². The molecule has 0 aromatic heterocycles. The number of hydrogen-bond donors (Lipinski definition) is 2. The van der Waals surface area contributed by atoms with Gasteiger partial charge in [-0.3, -0.25) is 9.69 Å². The average Bonchev–Trinajstić information content (AvgIpc) is 3.17. The van der Waals surface area contributed by atoms with Gasteiger partial charge in [-0.05, 0) is 39.0 Å². The number of anilines is 2. The van der Waals surface area contributed by atoms with E-state index in [9.17, 15) is 23.9 Å². The first kappa shape index (κ1) is 26.5. The molecule has 2 heterocycles. The molecule has 2 fully saturated rings. The number of alkyl carbamates (subject to hydrolysis) is 1. The molecule has 0 saturated carbocycles. The summed E-state index contributed by atoms with van der Waals surface area (Å²) in [6.07, 6.45) is -3.06. The molecule has 0 bridgehead atoms. The van der Waals surface area contributed by atoms with E-state index in [0.717, 1.165) is 0 Å². The lowest BCUT2D eigenvalue weighted by atomic mass is 10.2. The van der Waals surface area contributed by atoms with Crippen LogP contribution in [0.15, 0.2) is 18.2 Å². The summed E-state index contributed by atoms with van der Waals surface area (Å²) in [7, 11) is 1.41. The third-order valence-electron chi connectivity index (χ3n) is 5.53. The smallest absolute Gasteiger partial charge is 0.414 e. The van der Waals surface area contributed by atoms with Crippen molar-refractivity contribution in [1.82, 2.24) is 10.2 Å². The molecule has 11 nitrogen and oxygen atoms in total. The Hall–Kier alpha value is -3.12. The van der Waals surface area contributed by atoms with Crippen molar-refractivity contribution >= 4 is 29.5 Å². The van der Waals surface area contributed by atoms with Crippen LogP contribution in [0.25, 0.3) is 0 Å². The predicted octanol–water partition coefficient (Wildman–Crippen LogP) is 1.33. The van der Waals surface area contributed by atoms with Gasteiger partial charge in [0.05, 0.1) is 31.1 Å². The second-order valence-electron chi connectivity index (χ2n) is 9.42. The van der Waals surface area contributed by atoms with Crippen LogP contribution in [-0.4, -0.2) is 98.9 Å². The first-order chi connectivity index (χ1) is 16.5. The minimum Gasteiger partial charge on any atom is -0.444 e. The fourth-order valence-corrected chi connectivity index (χ4v) is 3.88. The van der Waals surface area contributed by atoms with E-state index in [1.165, 1.54) is 23.0 Å². The third kappa shape index (κ3) is 6.95. The van der Waals surface area contributed by atoms with E-state index in [1.807, 2.05) is 0 Å². The molecule has 3 rings (SSSR count). The van der Waals surface area contributed by atoms with Crippen LogP contribution in [0.3, 0.4) is 0 Å². The Balaban J connectivity index is 1.55. The number of carbonyl (C=O) groups is 3. The Morgan fingerprint density at radius 3 is 2.54 bits per heavy atom. The van der Waals surface area contributed by atoms with Crippen LogP contribution < -0.4 is 15.1 Å². The van der Waals surface area contributed by atoms with Gasteiger partial charge >= 0.3 is 12.2 Å². The van der Waals surface area contributed by atoms with Crippen molar-refractivity contribution in [2.24, 2.45) is 0 Å². The maximum Gasteiger partial charge on any atom is 0.414 e. The number of amides is 3. The molecular formula is C23H33FN4O7. The molecule has 35 heavy (non-hydrogen) atoms. The van der Waals surface area contributed by atoms with E-state index in [-0.39, 0.29) is 19.7 Å². The number of nitrogens with zero attached hydrogens (tertiary/aromatic N) is 3. The molecule has 0 radical (unpaired) electrons. The Labute approximate surface area is 203 Å². The summed E-state index contributed by atoms with van der Waals surface area (Å²) in [6, 6.07) is 4.48. The average molecular weight is 497 g/mol. The molecule has 194 valence electrons. The number of ether oxygens (including phenoxy) is 3. The Kier molecular flexibility index (Phi) is 8.39. The van der Waals surface area contributed by atoms with Crippen LogP contribution in [0.4, 0.5) is 25.4 Å². The molecule has 2 aliphatic rings. The molecular weight excluding hydrogens is 463 g/mol. The first-order valence-electron chi connectivity index (χ1n) is 11.4. The highest BCUT2D eigenvalue weighted by molar-refractivity contribution is 5.90. The van der Waals surface area contributed by atoms with E-state index in [4.69, 9.17) is 14.2 Å². The second kappa shape index (κ2) is 11.1. The fraction of sp³-hybridized carbons (Fsp3) is 0.609. The number of halogens is 1. The largest absolute Gasteiger partial charge is 0.444 e. The van der Waals surface area contributed by atoms with Gasteiger partial charge in [-0.25, -0.2) is 14.0 Å². The van der Waals surface area contributed by atoms with Crippen LogP contribution in [0, 0.1) is 5.82 Å². The number of aliphatic hydroxyl groups is 1. The summed E-state index contributed by atoms with van der Waals surface area (Å²) in [6.45, 7) is 6.84. The Morgan fingerprint density at radius 1 is 1.26 bits per heavy atom. The van der Waals surface area contributed by atoms with E-state index in [1.54, 1.807) is 37.8 Å². The maximum absolute atomic E-state index is 15.0. The van der Waals surface area contributed by atoms with E-state index in [0.29, 0.717) is 37.6 Å².